The van der Waals surface area contributed by atoms with Crippen molar-refractivity contribution in [3.63, 3.8) is 0 Å². The first-order valence-electron chi connectivity index (χ1n) is 10.4. The minimum Gasteiger partial charge on any atom is -0.354 e. The first-order chi connectivity index (χ1) is 14.4. The maximum absolute atomic E-state index is 12.8. The molecule has 2 atom stereocenters. The number of carbonyl (C=O) groups excluding carboxylic acids is 2. The summed E-state index contributed by atoms with van der Waals surface area (Å²) in [4.78, 5) is 28.2. The molecule has 30 heavy (non-hydrogen) atoms. The van der Waals surface area contributed by atoms with Crippen molar-refractivity contribution in [3.05, 3.63) is 28.3 Å². The second kappa shape index (κ2) is 10.0. The molecule has 1 saturated carbocycles. The summed E-state index contributed by atoms with van der Waals surface area (Å²) in [5, 5.41) is 14.9. The molecule has 2 amide bonds. The van der Waals surface area contributed by atoms with Crippen LogP contribution in [0.1, 0.15) is 63.8 Å². The van der Waals surface area contributed by atoms with Crippen LogP contribution in [0.25, 0.3) is 5.57 Å². The molecule has 1 aliphatic carbocycles. The summed E-state index contributed by atoms with van der Waals surface area (Å²) in [5.74, 6) is -0.0550. The Bertz CT molecular complexity index is 884. The summed E-state index contributed by atoms with van der Waals surface area (Å²) in [6.07, 6.45) is 7.94. The molecule has 2 N–H and O–H groups in total. The second-order valence-corrected chi connectivity index (χ2v) is 8.52. The highest BCUT2D eigenvalue weighted by atomic mass is 35.5. The van der Waals surface area contributed by atoms with Crippen LogP contribution in [0.3, 0.4) is 0 Å². The molecular weight excluding hydrogens is 404 g/mol. The average Bonchev–Trinajstić information content (AvgIpc) is 3.14. The van der Waals surface area contributed by atoms with Gasteiger partial charge in [-0.1, -0.05) is 23.2 Å². The van der Waals surface area contributed by atoms with Gasteiger partial charge in [0, 0.05) is 36.0 Å². The number of nitrogens with one attached hydrogen (secondary N) is 2. The van der Waals surface area contributed by atoms with Crippen LogP contribution in [0.4, 0.5) is 0 Å². The first kappa shape index (κ1) is 22.2. The number of nitrogens with zero attached hydrogens (tertiary/aromatic N) is 4. The molecule has 162 valence electrons. The molecule has 0 spiro atoms. The number of hydrogen-bond acceptors (Lipinski definition) is 5. The summed E-state index contributed by atoms with van der Waals surface area (Å²) >= 11 is 6.37. The van der Waals surface area contributed by atoms with Crippen molar-refractivity contribution >= 4 is 35.7 Å². The third kappa shape index (κ3) is 5.36. The largest absolute Gasteiger partial charge is 0.354 e. The highest BCUT2D eigenvalue weighted by Gasteiger charge is 2.28. The van der Waals surface area contributed by atoms with Crippen LogP contribution in [0, 0.1) is 5.92 Å². The lowest BCUT2D eigenvalue weighted by atomic mass is 9.85. The highest BCUT2D eigenvalue weighted by Crippen LogP contribution is 2.29. The molecule has 1 aromatic heterocycles. The Kier molecular flexibility index (Phi) is 7.42. The SMILES string of the molecule is C=N/C(=C\C(=C(/C)Cl)c1nnn2c1CCCC2)NC(=O)[C@H]1CCC[C@@H](NC(C)=O)C1. The van der Waals surface area contributed by atoms with Crippen LogP contribution in [-0.4, -0.2) is 39.6 Å². The Morgan fingerprint density at radius 2 is 2.07 bits per heavy atom. The average molecular weight is 433 g/mol. The fourth-order valence-electron chi connectivity index (χ4n) is 4.19. The van der Waals surface area contributed by atoms with E-state index in [-0.39, 0.29) is 23.8 Å². The number of aryl methyl sites for hydroxylation is 1. The standard InChI is InChI=1S/C21H29ClN6O2/c1-13(22)17(20-18-9-4-5-10-28(18)27-26-20)12-19(23-3)25-21(30)15-7-6-8-16(11-15)24-14(2)29/h12,15-16H,3-11H2,1-2H3,(H,24,29)(H,25,30)/b17-13-,19-12+/t15-,16+/m0/s1. The van der Waals surface area contributed by atoms with Gasteiger partial charge in [0.1, 0.15) is 11.5 Å². The van der Waals surface area contributed by atoms with Gasteiger partial charge in [0.2, 0.25) is 11.8 Å². The van der Waals surface area contributed by atoms with Gasteiger partial charge in [0.05, 0.1) is 5.69 Å². The number of carbonyl (C=O) groups is 2. The molecule has 1 aromatic rings. The van der Waals surface area contributed by atoms with E-state index in [0.717, 1.165) is 56.5 Å². The fourth-order valence-corrected chi connectivity index (χ4v) is 4.33. The molecule has 0 bridgehead atoms. The van der Waals surface area contributed by atoms with Gasteiger partial charge in [-0.15, -0.1) is 5.10 Å². The molecule has 0 saturated heterocycles. The lowest BCUT2D eigenvalue weighted by Crippen LogP contribution is -2.41. The minimum absolute atomic E-state index is 0.0276. The Morgan fingerprint density at radius 3 is 2.77 bits per heavy atom. The summed E-state index contributed by atoms with van der Waals surface area (Å²) in [5.41, 5.74) is 2.45. The van der Waals surface area contributed by atoms with Crippen molar-refractivity contribution < 1.29 is 9.59 Å². The molecule has 2 heterocycles. The molecular formula is C21H29ClN6O2. The summed E-state index contributed by atoms with van der Waals surface area (Å²) in [6.45, 7) is 7.73. The lowest BCUT2D eigenvalue weighted by Gasteiger charge is -2.28. The van der Waals surface area contributed by atoms with Gasteiger partial charge in [-0.2, -0.15) is 0 Å². The normalized spacial score (nSPS) is 22.6. The van der Waals surface area contributed by atoms with Crippen LogP contribution in [0.2, 0.25) is 0 Å². The Balaban J connectivity index is 1.76. The van der Waals surface area contributed by atoms with E-state index in [1.165, 1.54) is 6.92 Å². The van der Waals surface area contributed by atoms with E-state index in [9.17, 15) is 9.59 Å². The molecule has 1 aliphatic heterocycles. The number of fused-ring (bicyclic) bond motifs is 1. The van der Waals surface area contributed by atoms with Crippen LogP contribution in [0.5, 0.6) is 0 Å². The summed E-state index contributed by atoms with van der Waals surface area (Å²) in [6, 6.07) is 0.0276. The number of aromatic nitrogens is 3. The van der Waals surface area contributed by atoms with E-state index in [0.29, 0.717) is 22.8 Å². The van der Waals surface area contributed by atoms with Crippen LogP contribution >= 0.6 is 11.6 Å². The zero-order valence-electron chi connectivity index (χ0n) is 17.6. The van der Waals surface area contributed by atoms with E-state index in [2.05, 4.69) is 32.7 Å². The number of rotatable bonds is 6. The van der Waals surface area contributed by atoms with Gasteiger partial charge in [0.15, 0.2) is 0 Å². The predicted molar refractivity (Wildman–Crippen MR) is 117 cm³/mol. The van der Waals surface area contributed by atoms with Gasteiger partial charge in [0.25, 0.3) is 0 Å². The predicted octanol–water partition coefficient (Wildman–Crippen LogP) is 2.94. The van der Waals surface area contributed by atoms with Crippen molar-refractivity contribution in [2.75, 3.05) is 0 Å². The molecule has 1 fully saturated rings. The zero-order chi connectivity index (χ0) is 21.7. The van der Waals surface area contributed by atoms with E-state index < -0.39 is 0 Å². The smallest absolute Gasteiger partial charge is 0.228 e. The van der Waals surface area contributed by atoms with Crippen molar-refractivity contribution in [2.45, 2.75) is 71.4 Å². The monoisotopic (exact) mass is 432 g/mol. The Morgan fingerprint density at radius 1 is 1.27 bits per heavy atom. The van der Waals surface area contributed by atoms with Crippen molar-refractivity contribution in [1.29, 1.82) is 0 Å². The van der Waals surface area contributed by atoms with Gasteiger partial charge in [-0.05, 0) is 58.2 Å². The van der Waals surface area contributed by atoms with Gasteiger partial charge < -0.3 is 10.6 Å². The molecule has 3 rings (SSSR count). The van der Waals surface area contributed by atoms with E-state index in [1.54, 1.807) is 13.0 Å². The number of halogens is 1. The molecule has 0 aromatic carbocycles. The molecule has 0 radical (unpaired) electrons. The lowest BCUT2D eigenvalue weighted by molar-refractivity contribution is -0.126. The maximum Gasteiger partial charge on any atom is 0.228 e. The number of hydrogen-bond donors (Lipinski definition) is 2. The molecule has 8 nitrogen and oxygen atoms in total. The van der Waals surface area contributed by atoms with Crippen molar-refractivity contribution in [3.8, 4) is 0 Å². The number of aliphatic imine (C=N–C) groups is 1. The third-order valence-electron chi connectivity index (χ3n) is 5.65. The van der Waals surface area contributed by atoms with Crippen molar-refractivity contribution in [1.82, 2.24) is 25.6 Å². The minimum atomic E-state index is -0.188. The van der Waals surface area contributed by atoms with Gasteiger partial charge in [-0.25, -0.2) is 9.67 Å². The first-order valence-corrected chi connectivity index (χ1v) is 10.8. The molecule has 0 unspecified atom stereocenters. The van der Waals surface area contributed by atoms with Gasteiger partial charge >= 0.3 is 0 Å². The maximum atomic E-state index is 12.8. The third-order valence-corrected chi connectivity index (χ3v) is 5.86. The Hall–Kier alpha value is -2.48. The van der Waals surface area contributed by atoms with E-state index >= 15 is 0 Å². The van der Waals surface area contributed by atoms with Crippen LogP contribution < -0.4 is 10.6 Å². The number of amides is 2. The molecule has 9 heteroatoms. The molecule has 2 aliphatic rings. The van der Waals surface area contributed by atoms with E-state index in [4.69, 9.17) is 11.6 Å². The van der Waals surface area contributed by atoms with Crippen LogP contribution in [0.15, 0.2) is 21.9 Å². The summed E-state index contributed by atoms with van der Waals surface area (Å²) in [7, 11) is 0. The van der Waals surface area contributed by atoms with Crippen molar-refractivity contribution in [2.24, 2.45) is 10.9 Å². The zero-order valence-corrected chi connectivity index (χ0v) is 18.3. The van der Waals surface area contributed by atoms with Crippen LogP contribution in [-0.2, 0) is 22.6 Å². The second-order valence-electron chi connectivity index (χ2n) is 7.95. The quantitative estimate of drug-likeness (QED) is 0.533. The fraction of sp³-hybridized carbons (Fsp3) is 0.571. The summed E-state index contributed by atoms with van der Waals surface area (Å²) < 4.78 is 1.91. The van der Waals surface area contributed by atoms with Gasteiger partial charge in [-0.3, -0.25) is 9.59 Å². The Labute approximate surface area is 181 Å². The number of allylic oxidation sites excluding steroid dienone is 3. The highest BCUT2D eigenvalue weighted by molar-refractivity contribution is 6.32. The van der Waals surface area contributed by atoms with E-state index in [1.807, 2.05) is 4.68 Å². The topological polar surface area (TPSA) is 101 Å².